The molecule has 6 heteroatoms. The van der Waals surface area contributed by atoms with Crippen molar-refractivity contribution in [2.45, 2.75) is 18.9 Å². The molecule has 0 spiro atoms. The number of carbonyl (C=O) groups excluding carboxylic acids is 1. The van der Waals surface area contributed by atoms with Gasteiger partial charge >= 0.3 is 0 Å². The average Bonchev–Trinajstić information content (AvgIpc) is 2.90. The highest BCUT2D eigenvalue weighted by molar-refractivity contribution is 5.97. The van der Waals surface area contributed by atoms with Crippen LogP contribution in [0.2, 0.25) is 0 Å². The van der Waals surface area contributed by atoms with Crippen LogP contribution >= 0.6 is 0 Å². The van der Waals surface area contributed by atoms with E-state index in [0.717, 1.165) is 25.5 Å². The molecule has 1 saturated heterocycles. The van der Waals surface area contributed by atoms with Crippen molar-refractivity contribution in [3.05, 3.63) is 23.8 Å². The summed E-state index contributed by atoms with van der Waals surface area (Å²) in [7, 11) is 0. The Morgan fingerprint density at radius 2 is 2.20 bits per heavy atom. The van der Waals surface area contributed by atoms with Crippen LogP contribution < -0.4 is 5.32 Å². The number of aliphatic hydroxyl groups excluding tert-OH is 1. The van der Waals surface area contributed by atoms with Gasteiger partial charge in [-0.2, -0.15) is 0 Å². The van der Waals surface area contributed by atoms with E-state index in [1.165, 1.54) is 17.0 Å². The second-order valence-corrected chi connectivity index (χ2v) is 4.97. The van der Waals surface area contributed by atoms with Crippen molar-refractivity contribution in [2.24, 2.45) is 0 Å². The lowest BCUT2D eigenvalue weighted by Crippen LogP contribution is -2.42. The summed E-state index contributed by atoms with van der Waals surface area (Å²) in [5.74, 6) is -0.687. The Kier molecular flexibility index (Phi) is 4.81. The van der Waals surface area contributed by atoms with Gasteiger partial charge in [0.05, 0.1) is 12.2 Å². The highest BCUT2D eigenvalue weighted by atomic mass is 16.3. The first-order chi connectivity index (χ1) is 9.61. The molecule has 1 unspecified atom stereocenters. The molecule has 4 N–H and O–H groups in total. The zero-order chi connectivity index (χ0) is 14.5. The molecule has 1 fully saturated rings. The fourth-order valence-corrected chi connectivity index (χ4v) is 2.45. The molecule has 1 aromatic carbocycles. The number of nitrogens with zero attached hydrogens (tertiary/aromatic N) is 1. The number of phenolic OH excluding ortho intramolecular Hbond substituents is 2. The van der Waals surface area contributed by atoms with Crippen LogP contribution in [0.4, 0.5) is 0 Å². The van der Waals surface area contributed by atoms with E-state index in [1.54, 1.807) is 0 Å². The van der Waals surface area contributed by atoms with E-state index in [0.29, 0.717) is 6.54 Å². The Labute approximate surface area is 117 Å². The van der Waals surface area contributed by atoms with E-state index in [4.69, 9.17) is 5.11 Å². The number of aromatic hydroxyl groups is 2. The largest absolute Gasteiger partial charge is 0.508 e. The molecule has 6 nitrogen and oxygen atoms in total. The number of aliphatic hydroxyl groups is 1. The number of benzene rings is 1. The van der Waals surface area contributed by atoms with Gasteiger partial charge in [0, 0.05) is 25.2 Å². The number of phenols is 2. The van der Waals surface area contributed by atoms with Crippen LogP contribution in [0, 0.1) is 0 Å². The van der Waals surface area contributed by atoms with Crippen LogP contribution in [0.25, 0.3) is 0 Å². The number of rotatable bonds is 5. The molecule has 1 heterocycles. The van der Waals surface area contributed by atoms with Crippen molar-refractivity contribution in [3.8, 4) is 11.5 Å². The van der Waals surface area contributed by atoms with Crippen molar-refractivity contribution in [2.75, 3.05) is 26.2 Å². The molecule has 1 amide bonds. The second kappa shape index (κ2) is 6.58. The van der Waals surface area contributed by atoms with Crippen LogP contribution in [0.3, 0.4) is 0 Å². The summed E-state index contributed by atoms with van der Waals surface area (Å²) in [4.78, 5) is 13.9. The minimum Gasteiger partial charge on any atom is -0.508 e. The molecule has 0 saturated carbocycles. The summed E-state index contributed by atoms with van der Waals surface area (Å²) in [6.07, 6.45) is 2.08. The molecular formula is C14H20N2O4. The molecule has 1 aromatic rings. The number of hydrogen-bond donors (Lipinski definition) is 4. The minimum atomic E-state index is -0.342. The summed E-state index contributed by atoms with van der Waals surface area (Å²) in [5.41, 5.74) is 0.134. The Morgan fingerprint density at radius 1 is 1.40 bits per heavy atom. The van der Waals surface area contributed by atoms with Crippen molar-refractivity contribution in [3.63, 3.8) is 0 Å². The predicted octanol–water partition coefficient (Wildman–Crippen LogP) is 0.284. The fourth-order valence-electron chi connectivity index (χ4n) is 2.45. The van der Waals surface area contributed by atoms with Crippen LogP contribution in [0.1, 0.15) is 23.2 Å². The van der Waals surface area contributed by atoms with Crippen molar-refractivity contribution in [1.82, 2.24) is 10.2 Å². The maximum atomic E-state index is 12.4. The Balaban J connectivity index is 2.12. The van der Waals surface area contributed by atoms with E-state index < -0.39 is 0 Å². The lowest BCUT2D eigenvalue weighted by atomic mass is 10.1. The SMILES string of the molecule is O=C(c1ccc(O)cc1O)N(CCO)CC1CCCN1. The first kappa shape index (κ1) is 14.6. The van der Waals surface area contributed by atoms with Gasteiger partial charge in [-0.3, -0.25) is 4.79 Å². The van der Waals surface area contributed by atoms with E-state index >= 15 is 0 Å². The molecule has 0 bridgehead atoms. The van der Waals surface area contributed by atoms with Crippen LogP contribution in [0.15, 0.2) is 18.2 Å². The highest BCUT2D eigenvalue weighted by Crippen LogP contribution is 2.24. The van der Waals surface area contributed by atoms with Crippen LogP contribution in [-0.4, -0.2) is 58.4 Å². The predicted molar refractivity (Wildman–Crippen MR) is 73.8 cm³/mol. The Morgan fingerprint density at radius 3 is 2.80 bits per heavy atom. The summed E-state index contributed by atoms with van der Waals surface area (Å²) in [6, 6.07) is 4.11. The molecule has 0 radical (unpaired) electrons. The van der Waals surface area contributed by atoms with Gasteiger partial charge in [0.1, 0.15) is 11.5 Å². The number of nitrogens with one attached hydrogen (secondary N) is 1. The Bertz CT molecular complexity index is 472. The third-order valence-electron chi connectivity index (χ3n) is 3.47. The Hall–Kier alpha value is -1.79. The van der Waals surface area contributed by atoms with Crippen molar-refractivity contribution < 1.29 is 20.1 Å². The summed E-state index contributed by atoms with van der Waals surface area (Å²) in [5, 5.41) is 31.4. The third-order valence-corrected chi connectivity index (χ3v) is 3.47. The molecule has 2 rings (SSSR count). The topological polar surface area (TPSA) is 93.0 Å². The molecule has 1 atom stereocenters. The van der Waals surface area contributed by atoms with Crippen LogP contribution in [-0.2, 0) is 0 Å². The molecule has 0 aliphatic carbocycles. The van der Waals surface area contributed by atoms with Crippen LogP contribution in [0.5, 0.6) is 11.5 Å². The second-order valence-electron chi connectivity index (χ2n) is 4.97. The standard InChI is InChI=1S/C14H20N2O4/c17-7-6-16(9-10-2-1-5-15-10)14(20)12-4-3-11(18)8-13(12)19/h3-4,8,10,15,17-19H,1-2,5-7,9H2. The van der Waals surface area contributed by atoms with Gasteiger partial charge in [-0.15, -0.1) is 0 Å². The number of amides is 1. The molecule has 0 aromatic heterocycles. The molecule has 1 aliphatic heterocycles. The highest BCUT2D eigenvalue weighted by Gasteiger charge is 2.23. The van der Waals surface area contributed by atoms with Gasteiger partial charge in [0.15, 0.2) is 0 Å². The smallest absolute Gasteiger partial charge is 0.257 e. The fraction of sp³-hybridized carbons (Fsp3) is 0.500. The normalized spacial score (nSPS) is 18.1. The first-order valence-corrected chi connectivity index (χ1v) is 6.77. The lowest BCUT2D eigenvalue weighted by molar-refractivity contribution is 0.0703. The molecular weight excluding hydrogens is 260 g/mol. The third kappa shape index (κ3) is 3.40. The van der Waals surface area contributed by atoms with E-state index in [9.17, 15) is 15.0 Å². The first-order valence-electron chi connectivity index (χ1n) is 6.77. The zero-order valence-electron chi connectivity index (χ0n) is 11.2. The summed E-state index contributed by atoms with van der Waals surface area (Å²) < 4.78 is 0. The summed E-state index contributed by atoms with van der Waals surface area (Å²) >= 11 is 0. The quantitative estimate of drug-likeness (QED) is 0.622. The number of carbonyl (C=O) groups is 1. The van der Waals surface area contributed by atoms with Crippen molar-refractivity contribution >= 4 is 5.91 Å². The maximum Gasteiger partial charge on any atom is 0.257 e. The van der Waals surface area contributed by atoms with E-state index in [1.807, 2.05) is 0 Å². The van der Waals surface area contributed by atoms with E-state index in [2.05, 4.69) is 5.32 Å². The average molecular weight is 280 g/mol. The molecule has 110 valence electrons. The molecule has 20 heavy (non-hydrogen) atoms. The van der Waals surface area contributed by atoms with Gasteiger partial charge in [-0.25, -0.2) is 0 Å². The van der Waals surface area contributed by atoms with Gasteiger partial charge < -0.3 is 25.5 Å². The van der Waals surface area contributed by atoms with Gasteiger partial charge in [-0.05, 0) is 31.5 Å². The lowest BCUT2D eigenvalue weighted by Gasteiger charge is -2.25. The van der Waals surface area contributed by atoms with E-state index in [-0.39, 0.29) is 42.2 Å². The minimum absolute atomic E-state index is 0.0924. The van der Waals surface area contributed by atoms with Gasteiger partial charge in [-0.1, -0.05) is 0 Å². The van der Waals surface area contributed by atoms with Gasteiger partial charge in [0.25, 0.3) is 5.91 Å². The van der Waals surface area contributed by atoms with Gasteiger partial charge in [0.2, 0.25) is 0 Å². The molecule has 1 aliphatic rings. The monoisotopic (exact) mass is 280 g/mol. The maximum absolute atomic E-state index is 12.4. The zero-order valence-corrected chi connectivity index (χ0v) is 11.2. The van der Waals surface area contributed by atoms with Crippen molar-refractivity contribution in [1.29, 1.82) is 0 Å². The number of hydrogen-bond acceptors (Lipinski definition) is 5. The summed E-state index contributed by atoms with van der Waals surface area (Å²) in [6.45, 7) is 1.53.